The molecule has 27 heavy (non-hydrogen) atoms. The smallest absolute Gasteiger partial charge is 0.313 e. The van der Waals surface area contributed by atoms with E-state index < -0.39 is 11.8 Å². The number of halogens is 1. The number of esters is 1. The van der Waals surface area contributed by atoms with Crippen LogP contribution in [0.5, 0.6) is 5.75 Å². The fourth-order valence-corrected chi connectivity index (χ4v) is 2.77. The first-order valence-corrected chi connectivity index (χ1v) is 8.53. The second kappa shape index (κ2) is 8.03. The topological polar surface area (TPSA) is 102 Å². The van der Waals surface area contributed by atoms with Crippen molar-refractivity contribution in [2.45, 2.75) is 26.1 Å². The van der Waals surface area contributed by atoms with E-state index in [9.17, 15) is 9.18 Å². The quantitative estimate of drug-likeness (QED) is 0.439. The summed E-state index contributed by atoms with van der Waals surface area (Å²) in [6, 6.07) is 8.64. The van der Waals surface area contributed by atoms with Gasteiger partial charge in [0.2, 0.25) is 0 Å². The van der Waals surface area contributed by atoms with Gasteiger partial charge in [0.1, 0.15) is 30.7 Å². The summed E-state index contributed by atoms with van der Waals surface area (Å²) in [5, 5.41) is 7.07. The number of carbonyl (C=O) groups excluding carboxylic acids is 1. The van der Waals surface area contributed by atoms with Gasteiger partial charge < -0.3 is 20.1 Å². The Labute approximate surface area is 156 Å². The number of nitrogens with two attached hydrogens (primary N) is 1. The number of nitrogens with one attached hydrogen (secondary N) is 1. The first-order valence-electron chi connectivity index (χ1n) is 8.53. The van der Waals surface area contributed by atoms with Gasteiger partial charge in [-0.15, -0.1) is 0 Å². The number of anilines is 1. The van der Waals surface area contributed by atoms with Crippen LogP contribution in [-0.2, 0) is 16.1 Å². The van der Waals surface area contributed by atoms with Crippen LogP contribution in [0.4, 0.5) is 10.1 Å². The lowest BCUT2D eigenvalue weighted by Gasteiger charge is -2.41. The molecule has 1 saturated heterocycles. The van der Waals surface area contributed by atoms with Gasteiger partial charge >= 0.3 is 5.97 Å². The Balaban J connectivity index is 1.58. The lowest BCUT2D eigenvalue weighted by atomic mass is 10.1. The maximum Gasteiger partial charge on any atom is 0.313 e. The summed E-state index contributed by atoms with van der Waals surface area (Å²) in [6.07, 6.45) is 1.36. The van der Waals surface area contributed by atoms with Crippen LogP contribution in [0.25, 0.3) is 0 Å². The molecule has 0 spiro atoms. The maximum atomic E-state index is 14.7. The van der Waals surface area contributed by atoms with Crippen molar-refractivity contribution in [3.05, 3.63) is 53.6 Å². The summed E-state index contributed by atoms with van der Waals surface area (Å²) in [7, 11) is 0. The summed E-state index contributed by atoms with van der Waals surface area (Å²) in [5.41, 5.74) is 6.68. The van der Waals surface area contributed by atoms with Crippen molar-refractivity contribution in [2.24, 2.45) is 5.73 Å². The zero-order valence-corrected chi connectivity index (χ0v) is 14.9. The molecular formula is C19H21FN4O3. The normalized spacial score (nSPS) is 13.8. The number of carbonyl (C=O) groups is 1. The van der Waals surface area contributed by atoms with Gasteiger partial charge in [-0.2, -0.15) is 0 Å². The van der Waals surface area contributed by atoms with Crippen LogP contribution >= 0.6 is 0 Å². The molecule has 7 nitrogen and oxygen atoms in total. The van der Waals surface area contributed by atoms with Crippen LogP contribution in [0.1, 0.15) is 17.7 Å². The number of benzene rings is 1. The Hall–Kier alpha value is -3.16. The van der Waals surface area contributed by atoms with Crippen molar-refractivity contribution >= 4 is 17.5 Å². The first-order chi connectivity index (χ1) is 12.9. The van der Waals surface area contributed by atoms with Gasteiger partial charge in [0.05, 0.1) is 24.5 Å². The predicted molar refractivity (Wildman–Crippen MR) is 98.3 cm³/mol. The molecular weight excluding hydrogens is 351 g/mol. The number of ether oxygens (including phenoxy) is 2. The molecule has 1 aliphatic rings. The van der Waals surface area contributed by atoms with E-state index in [1.165, 1.54) is 0 Å². The van der Waals surface area contributed by atoms with Crippen molar-refractivity contribution in [3.63, 3.8) is 0 Å². The van der Waals surface area contributed by atoms with Gasteiger partial charge in [0.15, 0.2) is 5.82 Å². The number of nitrogens with zero attached hydrogens (tertiary/aromatic N) is 2. The average molecular weight is 372 g/mol. The fraction of sp³-hybridized carbons (Fsp3) is 0.316. The van der Waals surface area contributed by atoms with E-state index in [1.54, 1.807) is 24.4 Å². The molecule has 3 rings (SSSR count). The highest BCUT2D eigenvalue weighted by Crippen LogP contribution is 2.29. The summed E-state index contributed by atoms with van der Waals surface area (Å²) in [5.74, 6) is -0.640. The number of aromatic nitrogens is 1. The third kappa shape index (κ3) is 4.52. The second-order valence-corrected chi connectivity index (χ2v) is 6.34. The molecule has 3 N–H and O–H groups in total. The summed E-state index contributed by atoms with van der Waals surface area (Å²) < 4.78 is 25.6. The summed E-state index contributed by atoms with van der Waals surface area (Å²) >= 11 is 0. The summed E-state index contributed by atoms with van der Waals surface area (Å²) in [6.45, 7) is 2.79. The van der Waals surface area contributed by atoms with E-state index in [-0.39, 0.29) is 30.5 Å². The number of amidine groups is 1. The van der Waals surface area contributed by atoms with Crippen molar-refractivity contribution in [1.82, 2.24) is 4.98 Å². The third-order valence-electron chi connectivity index (χ3n) is 4.22. The highest BCUT2D eigenvalue weighted by atomic mass is 19.1. The minimum atomic E-state index is -0.656. The molecule has 0 bridgehead atoms. The van der Waals surface area contributed by atoms with Crippen LogP contribution in [0.2, 0.25) is 0 Å². The van der Waals surface area contributed by atoms with Gasteiger partial charge in [-0.05, 0) is 25.1 Å². The van der Waals surface area contributed by atoms with Gasteiger partial charge in [-0.1, -0.05) is 12.1 Å². The van der Waals surface area contributed by atoms with Crippen molar-refractivity contribution < 1.29 is 18.7 Å². The Kier molecular flexibility index (Phi) is 5.54. The largest absolute Gasteiger partial charge is 0.485 e. The van der Waals surface area contributed by atoms with Crippen LogP contribution in [-0.4, -0.2) is 36.0 Å². The third-order valence-corrected chi connectivity index (χ3v) is 4.22. The molecule has 1 aliphatic heterocycles. The number of hydrogen-bond donors (Lipinski definition) is 2. The minimum Gasteiger partial charge on any atom is -0.485 e. The van der Waals surface area contributed by atoms with Gasteiger partial charge in [0.25, 0.3) is 0 Å². The van der Waals surface area contributed by atoms with E-state index in [4.69, 9.17) is 20.6 Å². The van der Waals surface area contributed by atoms with E-state index >= 15 is 0 Å². The lowest BCUT2D eigenvalue weighted by molar-refractivity contribution is -0.143. The molecule has 1 aromatic carbocycles. The van der Waals surface area contributed by atoms with Crippen LogP contribution in [0, 0.1) is 18.2 Å². The van der Waals surface area contributed by atoms with Gasteiger partial charge in [-0.3, -0.25) is 15.2 Å². The SMILES string of the molecule is Cc1ncccc1OC1CN(c2cccc(COC(=O)CC(=N)N)c2F)C1. The van der Waals surface area contributed by atoms with E-state index in [0.29, 0.717) is 18.8 Å². The Morgan fingerprint density at radius 3 is 2.85 bits per heavy atom. The number of pyridine rings is 1. The van der Waals surface area contributed by atoms with E-state index in [1.807, 2.05) is 24.0 Å². The Morgan fingerprint density at radius 1 is 1.37 bits per heavy atom. The molecule has 1 fully saturated rings. The Bertz CT molecular complexity index is 853. The van der Waals surface area contributed by atoms with Gasteiger partial charge in [-0.25, -0.2) is 4.39 Å². The van der Waals surface area contributed by atoms with Crippen LogP contribution in [0.3, 0.4) is 0 Å². The van der Waals surface area contributed by atoms with Crippen molar-refractivity contribution in [1.29, 1.82) is 5.41 Å². The monoisotopic (exact) mass is 372 g/mol. The maximum absolute atomic E-state index is 14.7. The molecule has 1 aromatic heterocycles. The lowest BCUT2D eigenvalue weighted by Crippen LogP contribution is -2.54. The first kappa shape index (κ1) is 18.6. The van der Waals surface area contributed by atoms with Crippen LogP contribution in [0.15, 0.2) is 36.5 Å². The number of hydrogen-bond acceptors (Lipinski definition) is 6. The molecule has 0 unspecified atom stereocenters. The molecule has 142 valence electrons. The van der Waals surface area contributed by atoms with E-state index in [2.05, 4.69) is 4.98 Å². The molecule has 2 heterocycles. The highest BCUT2D eigenvalue weighted by molar-refractivity contribution is 5.94. The zero-order chi connectivity index (χ0) is 19.4. The standard InChI is InChI=1S/C19H21FN4O3/c1-12-16(6-3-7-23-12)27-14-9-24(10-14)15-5-2-4-13(19(15)20)11-26-18(25)8-17(21)22/h2-7,14H,8-11H2,1H3,(H3,21,22). The number of rotatable bonds is 7. The number of aryl methyl sites for hydroxylation is 1. The molecule has 0 atom stereocenters. The molecule has 8 heteroatoms. The molecule has 0 radical (unpaired) electrons. The van der Waals surface area contributed by atoms with E-state index in [0.717, 1.165) is 11.4 Å². The zero-order valence-electron chi connectivity index (χ0n) is 14.9. The molecule has 2 aromatic rings. The highest BCUT2D eigenvalue weighted by Gasteiger charge is 2.31. The molecule has 0 saturated carbocycles. The fourth-order valence-electron chi connectivity index (χ4n) is 2.77. The summed E-state index contributed by atoms with van der Waals surface area (Å²) in [4.78, 5) is 17.5. The molecule has 0 amide bonds. The van der Waals surface area contributed by atoms with Crippen molar-refractivity contribution in [3.8, 4) is 5.75 Å². The minimum absolute atomic E-state index is 0.0376. The van der Waals surface area contributed by atoms with Gasteiger partial charge in [0, 0.05) is 11.8 Å². The Morgan fingerprint density at radius 2 is 2.15 bits per heavy atom. The van der Waals surface area contributed by atoms with Crippen molar-refractivity contribution in [2.75, 3.05) is 18.0 Å². The average Bonchev–Trinajstić information content (AvgIpc) is 2.58. The second-order valence-electron chi connectivity index (χ2n) is 6.34. The molecule has 0 aliphatic carbocycles. The predicted octanol–water partition coefficient (Wildman–Crippen LogP) is 2.17. The van der Waals surface area contributed by atoms with Crippen LogP contribution < -0.4 is 15.4 Å².